The summed E-state index contributed by atoms with van der Waals surface area (Å²) >= 11 is 0. The van der Waals surface area contributed by atoms with Gasteiger partial charge < -0.3 is 0 Å². The lowest BCUT2D eigenvalue weighted by molar-refractivity contribution is 0.308. The Balaban J connectivity index is 1.47. The Hall–Kier alpha value is -1.04. The summed E-state index contributed by atoms with van der Waals surface area (Å²) < 4.78 is 0. The molecule has 27 heavy (non-hydrogen) atoms. The van der Waals surface area contributed by atoms with E-state index in [2.05, 4.69) is 44.2 Å². The van der Waals surface area contributed by atoms with Gasteiger partial charge in [0, 0.05) is 0 Å². The van der Waals surface area contributed by atoms with Crippen LogP contribution >= 0.6 is 0 Å². The number of rotatable bonds is 9. The summed E-state index contributed by atoms with van der Waals surface area (Å²) in [4.78, 5) is 0. The Morgan fingerprint density at radius 1 is 0.741 bits per heavy atom. The monoisotopic (exact) mass is 366 g/mol. The van der Waals surface area contributed by atoms with Gasteiger partial charge >= 0.3 is 0 Å². The summed E-state index contributed by atoms with van der Waals surface area (Å²) in [5.41, 5.74) is 4.69. The molecule has 1 fully saturated rings. The molecular weight excluding hydrogens is 324 g/mol. The van der Waals surface area contributed by atoms with E-state index in [9.17, 15) is 0 Å². The summed E-state index contributed by atoms with van der Waals surface area (Å²) in [5.74, 6) is 2.77. The molecule has 3 rings (SSSR count). The average Bonchev–Trinajstić information content (AvgIpc) is 2.73. The molecule has 0 N–H and O–H groups in total. The van der Waals surface area contributed by atoms with Gasteiger partial charge in [-0.15, -0.1) is 0 Å². The minimum absolute atomic E-state index is 0.819. The predicted octanol–water partition coefficient (Wildman–Crippen LogP) is 8.91. The summed E-state index contributed by atoms with van der Waals surface area (Å²) in [6.45, 7) is 4.64. The Labute approximate surface area is 168 Å². The third-order valence-electron chi connectivity index (χ3n) is 7.28. The summed E-state index contributed by atoms with van der Waals surface area (Å²) in [6.07, 6.45) is 22.2. The van der Waals surface area contributed by atoms with Crippen molar-refractivity contribution in [1.29, 1.82) is 0 Å². The molecule has 0 aromatic heterocycles. The fraction of sp³-hybridized carbons (Fsp3) is 0.704. The van der Waals surface area contributed by atoms with Crippen molar-refractivity contribution >= 4 is 5.57 Å². The summed E-state index contributed by atoms with van der Waals surface area (Å²) in [6, 6.07) is 9.72. The Morgan fingerprint density at radius 3 is 2.15 bits per heavy atom. The van der Waals surface area contributed by atoms with E-state index < -0.39 is 0 Å². The molecule has 1 saturated carbocycles. The predicted molar refractivity (Wildman–Crippen MR) is 120 cm³/mol. The van der Waals surface area contributed by atoms with Gasteiger partial charge in [-0.3, -0.25) is 0 Å². The van der Waals surface area contributed by atoms with E-state index in [1.54, 1.807) is 11.1 Å². The molecule has 0 aliphatic heterocycles. The molecule has 0 amide bonds. The Bertz CT molecular complexity index is 556. The van der Waals surface area contributed by atoms with Crippen molar-refractivity contribution in [2.24, 2.45) is 11.8 Å². The first kappa shape index (κ1) is 20.7. The minimum atomic E-state index is 0.819. The minimum Gasteiger partial charge on any atom is -0.0804 e. The maximum Gasteiger partial charge on any atom is -0.0162 e. The van der Waals surface area contributed by atoms with Crippen LogP contribution in [0, 0.1) is 11.8 Å². The highest BCUT2D eigenvalue weighted by Gasteiger charge is 2.22. The van der Waals surface area contributed by atoms with Crippen LogP contribution in [0.4, 0.5) is 0 Å². The molecule has 0 saturated heterocycles. The van der Waals surface area contributed by atoms with Crippen molar-refractivity contribution in [2.45, 2.75) is 110 Å². The average molecular weight is 367 g/mol. The van der Waals surface area contributed by atoms with Crippen LogP contribution in [0.1, 0.15) is 121 Å². The second kappa shape index (κ2) is 11.1. The summed E-state index contributed by atoms with van der Waals surface area (Å²) in [5, 5.41) is 0. The zero-order chi connectivity index (χ0) is 18.9. The topological polar surface area (TPSA) is 0 Å². The van der Waals surface area contributed by atoms with Crippen LogP contribution < -0.4 is 0 Å². The third-order valence-corrected chi connectivity index (χ3v) is 7.28. The van der Waals surface area contributed by atoms with E-state index in [1.807, 2.05) is 0 Å². The van der Waals surface area contributed by atoms with Gasteiger partial charge in [-0.1, -0.05) is 89.1 Å². The van der Waals surface area contributed by atoms with Crippen molar-refractivity contribution in [3.05, 3.63) is 41.5 Å². The van der Waals surface area contributed by atoms with E-state index >= 15 is 0 Å². The quantitative estimate of drug-likeness (QED) is 0.383. The Kier molecular flexibility index (Phi) is 8.49. The van der Waals surface area contributed by atoms with E-state index in [4.69, 9.17) is 0 Å². The van der Waals surface area contributed by atoms with Gasteiger partial charge in [-0.05, 0) is 79.4 Å². The highest BCUT2D eigenvalue weighted by Crippen LogP contribution is 2.38. The van der Waals surface area contributed by atoms with Crippen LogP contribution in [0.3, 0.4) is 0 Å². The molecule has 0 nitrogen and oxygen atoms in total. The van der Waals surface area contributed by atoms with E-state index in [0.29, 0.717) is 0 Å². The molecule has 2 aliphatic rings. The van der Waals surface area contributed by atoms with E-state index in [-0.39, 0.29) is 0 Å². The van der Waals surface area contributed by atoms with Crippen LogP contribution in [0.25, 0.3) is 5.57 Å². The SMILES string of the molecule is CCCCCCC1CC=C(c2ccc([C@H]3CC[C@H](CCC)CC3)cc2)CC1. The van der Waals surface area contributed by atoms with Gasteiger partial charge in [0.15, 0.2) is 0 Å². The standard InChI is InChI=1S/C27H42/c1-3-5-6-7-9-23-12-16-25(17-13-23)27-20-18-26(19-21-27)24-14-10-22(8-4-2)11-15-24/h16,18-24H,3-15,17H2,1-2H3/t22-,23?,24-. The number of benzene rings is 1. The normalized spacial score (nSPS) is 26.0. The van der Waals surface area contributed by atoms with Crippen molar-refractivity contribution in [3.63, 3.8) is 0 Å². The maximum atomic E-state index is 2.55. The zero-order valence-electron chi connectivity index (χ0n) is 18.0. The summed E-state index contributed by atoms with van der Waals surface area (Å²) in [7, 11) is 0. The van der Waals surface area contributed by atoms with Crippen molar-refractivity contribution in [2.75, 3.05) is 0 Å². The molecule has 1 unspecified atom stereocenters. The van der Waals surface area contributed by atoms with Crippen molar-refractivity contribution in [1.82, 2.24) is 0 Å². The highest BCUT2D eigenvalue weighted by atomic mass is 14.3. The van der Waals surface area contributed by atoms with E-state index in [1.165, 1.54) is 95.5 Å². The molecule has 1 aromatic rings. The lowest BCUT2D eigenvalue weighted by Crippen LogP contribution is -2.13. The largest absolute Gasteiger partial charge is 0.0804 e. The van der Waals surface area contributed by atoms with Gasteiger partial charge in [-0.2, -0.15) is 0 Å². The van der Waals surface area contributed by atoms with Gasteiger partial charge in [0.05, 0.1) is 0 Å². The molecule has 0 heterocycles. The fourth-order valence-corrected chi connectivity index (χ4v) is 5.43. The number of hydrogen-bond donors (Lipinski definition) is 0. The molecule has 1 atom stereocenters. The third kappa shape index (κ3) is 6.23. The molecule has 0 heteroatoms. The highest BCUT2D eigenvalue weighted by molar-refractivity contribution is 5.66. The maximum absolute atomic E-state index is 2.55. The van der Waals surface area contributed by atoms with Gasteiger partial charge in [-0.25, -0.2) is 0 Å². The number of hydrogen-bond acceptors (Lipinski definition) is 0. The fourth-order valence-electron chi connectivity index (χ4n) is 5.43. The Morgan fingerprint density at radius 2 is 1.52 bits per heavy atom. The molecule has 0 bridgehead atoms. The molecule has 0 spiro atoms. The van der Waals surface area contributed by atoms with Crippen molar-refractivity contribution in [3.8, 4) is 0 Å². The number of unbranched alkanes of at least 4 members (excludes halogenated alkanes) is 3. The van der Waals surface area contributed by atoms with Gasteiger partial charge in [0.25, 0.3) is 0 Å². The first-order valence-corrected chi connectivity index (χ1v) is 12.1. The first-order valence-electron chi connectivity index (χ1n) is 12.1. The van der Waals surface area contributed by atoms with Crippen molar-refractivity contribution < 1.29 is 0 Å². The van der Waals surface area contributed by atoms with Gasteiger partial charge in [0.1, 0.15) is 0 Å². The lowest BCUT2D eigenvalue weighted by Gasteiger charge is -2.29. The first-order chi connectivity index (χ1) is 13.3. The molecule has 1 aromatic carbocycles. The van der Waals surface area contributed by atoms with Gasteiger partial charge in [0.2, 0.25) is 0 Å². The molecule has 0 radical (unpaired) electrons. The van der Waals surface area contributed by atoms with Crippen LogP contribution in [0.2, 0.25) is 0 Å². The molecular formula is C27H42. The lowest BCUT2D eigenvalue weighted by atomic mass is 9.77. The second-order valence-corrected chi connectivity index (χ2v) is 9.35. The van der Waals surface area contributed by atoms with Crippen LogP contribution in [0.15, 0.2) is 30.3 Å². The van der Waals surface area contributed by atoms with E-state index in [0.717, 1.165) is 17.8 Å². The zero-order valence-corrected chi connectivity index (χ0v) is 18.0. The molecule has 2 aliphatic carbocycles. The second-order valence-electron chi connectivity index (χ2n) is 9.35. The van der Waals surface area contributed by atoms with Crippen LogP contribution in [0.5, 0.6) is 0 Å². The molecule has 150 valence electrons. The smallest absolute Gasteiger partial charge is 0.0162 e. The van der Waals surface area contributed by atoms with Crippen LogP contribution in [-0.2, 0) is 0 Å². The number of allylic oxidation sites excluding steroid dienone is 2. The van der Waals surface area contributed by atoms with Crippen LogP contribution in [-0.4, -0.2) is 0 Å².